The summed E-state index contributed by atoms with van der Waals surface area (Å²) in [6.07, 6.45) is 4.75. The summed E-state index contributed by atoms with van der Waals surface area (Å²) in [5.74, 6) is 0. The molecule has 0 unspecified atom stereocenters. The number of aliphatic hydroxyl groups excluding tert-OH is 1. The van der Waals surface area contributed by atoms with Crippen LogP contribution in [0.4, 0.5) is 0 Å². The maximum Gasteiger partial charge on any atom is 0.0665 e. The van der Waals surface area contributed by atoms with Crippen LogP contribution in [0, 0.1) is 0 Å². The molecule has 0 radical (unpaired) electrons. The molecular formula is C14H23BrN2O. The molecule has 0 saturated carbocycles. The largest absolute Gasteiger partial charge is 0.392 e. The first kappa shape index (κ1) is 17.2. The molecule has 0 bridgehead atoms. The molecule has 0 aromatic rings. The minimum Gasteiger partial charge on any atom is -0.392 e. The SMILES string of the molecule is C=C(C)\C(Br)=C/C=C(C)/C(NNC)=C(/CC)CO. The van der Waals surface area contributed by atoms with Gasteiger partial charge in [-0.2, -0.15) is 0 Å². The molecular weight excluding hydrogens is 292 g/mol. The first-order valence-corrected chi connectivity index (χ1v) is 6.73. The number of allylic oxidation sites excluding steroid dienone is 5. The smallest absolute Gasteiger partial charge is 0.0665 e. The molecule has 0 aromatic carbocycles. The Morgan fingerprint density at radius 2 is 1.94 bits per heavy atom. The molecule has 0 aromatic heterocycles. The third kappa shape index (κ3) is 5.67. The number of hydrogen-bond donors (Lipinski definition) is 3. The highest BCUT2D eigenvalue weighted by Crippen LogP contribution is 2.18. The fourth-order valence-electron chi connectivity index (χ4n) is 1.38. The quantitative estimate of drug-likeness (QED) is 0.499. The van der Waals surface area contributed by atoms with E-state index in [1.54, 1.807) is 7.05 Å². The molecule has 18 heavy (non-hydrogen) atoms. The van der Waals surface area contributed by atoms with Crippen molar-refractivity contribution in [3.8, 4) is 0 Å². The zero-order valence-electron chi connectivity index (χ0n) is 11.6. The summed E-state index contributed by atoms with van der Waals surface area (Å²) >= 11 is 3.45. The van der Waals surface area contributed by atoms with Crippen molar-refractivity contribution in [3.05, 3.63) is 45.6 Å². The van der Waals surface area contributed by atoms with Gasteiger partial charge in [0.2, 0.25) is 0 Å². The first-order valence-electron chi connectivity index (χ1n) is 5.93. The Morgan fingerprint density at radius 1 is 1.33 bits per heavy atom. The highest BCUT2D eigenvalue weighted by Gasteiger charge is 2.05. The van der Waals surface area contributed by atoms with Gasteiger partial charge in [-0.3, -0.25) is 0 Å². The van der Waals surface area contributed by atoms with Crippen molar-refractivity contribution in [1.82, 2.24) is 10.9 Å². The Morgan fingerprint density at radius 3 is 2.33 bits per heavy atom. The van der Waals surface area contributed by atoms with E-state index in [0.717, 1.165) is 33.3 Å². The van der Waals surface area contributed by atoms with Crippen LogP contribution in [0.3, 0.4) is 0 Å². The Bertz CT molecular complexity index is 375. The standard InChI is InChI=1S/C14H23BrN2O/c1-6-12(9-18)14(17-16-5)11(4)7-8-13(15)10(2)3/h7-8,16-18H,2,6,9H2,1,3-5H3/b11-7+,13-8+,14-12+. The molecule has 0 saturated heterocycles. The Balaban J connectivity index is 5.27. The fraction of sp³-hybridized carbons (Fsp3) is 0.429. The molecule has 0 fully saturated rings. The molecule has 3 nitrogen and oxygen atoms in total. The van der Waals surface area contributed by atoms with Gasteiger partial charge in [-0.05, 0) is 43.1 Å². The average Bonchev–Trinajstić information content (AvgIpc) is 2.35. The van der Waals surface area contributed by atoms with Gasteiger partial charge in [-0.25, -0.2) is 5.43 Å². The van der Waals surface area contributed by atoms with Crippen molar-refractivity contribution < 1.29 is 5.11 Å². The number of hydrazine groups is 1. The zero-order valence-corrected chi connectivity index (χ0v) is 13.2. The van der Waals surface area contributed by atoms with E-state index in [9.17, 15) is 5.11 Å². The first-order chi connectivity index (χ1) is 8.47. The number of aliphatic hydroxyl groups is 1. The summed E-state index contributed by atoms with van der Waals surface area (Å²) in [5.41, 5.74) is 9.90. The lowest BCUT2D eigenvalue weighted by Gasteiger charge is -2.15. The van der Waals surface area contributed by atoms with Gasteiger partial charge in [0.05, 0.1) is 12.3 Å². The molecule has 0 aliphatic heterocycles. The molecule has 0 aliphatic carbocycles. The predicted molar refractivity (Wildman–Crippen MR) is 82.2 cm³/mol. The van der Waals surface area contributed by atoms with Gasteiger partial charge >= 0.3 is 0 Å². The third-order valence-corrected chi connectivity index (χ3v) is 3.44. The van der Waals surface area contributed by atoms with Crippen LogP contribution in [0.1, 0.15) is 27.2 Å². The summed E-state index contributed by atoms with van der Waals surface area (Å²) in [6, 6.07) is 0. The van der Waals surface area contributed by atoms with Crippen LogP contribution < -0.4 is 10.9 Å². The number of nitrogens with one attached hydrogen (secondary N) is 2. The Hall–Kier alpha value is -0.840. The second-order valence-electron chi connectivity index (χ2n) is 4.01. The van der Waals surface area contributed by atoms with E-state index in [1.807, 2.05) is 32.9 Å². The fourth-order valence-corrected chi connectivity index (χ4v) is 1.51. The normalized spacial score (nSPS) is 14.3. The van der Waals surface area contributed by atoms with E-state index in [-0.39, 0.29) is 6.61 Å². The minimum atomic E-state index is 0.0526. The summed E-state index contributed by atoms with van der Waals surface area (Å²) in [6.45, 7) is 9.88. The highest BCUT2D eigenvalue weighted by molar-refractivity contribution is 9.12. The van der Waals surface area contributed by atoms with Gasteiger partial charge in [-0.1, -0.05) is 35.5 Å². The van der Waals surface area contributed by atoms with E-state index < -0.39 is 0 Å². The van der Waals surface area contributed by atoms with Gasteiger partial charge in [0, 0.05) is 11.5 Å². The topological polar surface area (TPSA) is 44.3 Å². The van der Waals surface area contributed by atoms with E-state index in [1.165, 1.54) is 0 Å². The van der Waals surface area contributed by atoms with Crippen molar-refractivity contribution >= 4 is 15.9 Å². The predicted octanol–water partition coefficient (Wildman–Crippen LogP) is 3.17. The van der Waals surface area contributed by atoms with Gasteiger partial charge in [-0.15, -0.1) is 0 Å². The van der Waals surface area contributed by atoms with Crippen LogP contribution in [0.15, 0.2) is 45.6 Å². The van der Waals surface area contributed by atoms with Crippen molar-refractivity contribution in [1.29, 1.82) is 0 Å². The molecule has 0 rings (SSSR count). The van der Waals surface area contributed by atoms with Crippen molar-refractivity contribution in [2.45, 2.75) is 27.2 Å². The van der Waals surface area contributed by atoms with Crippen LogP contribution in [0.2, 0.25) is 0 Å². The van der Waals surface area contributed by atoms with Crippen molar-refractivity contribution in [2.24, 2.45) is 0 Å². The second-order valence-corrected chi connectivity index (χ2v) is 4.86. The number of rotatable bonds is 7. The van der Waals surface area contributed by atoms with Crippen LogP contribution in [0.25, 0.3) is 0 Å². The second kappa shape index (κ2) is 9.14. The molecule has 0 heterocycles. The van der Waals surface area contributed by atoms with Gasteiger partial charge in [0.15, 0.2) is 0 Å². The molecule has 0 atom stereocenters. The zero-order chi connectivity index (χ0) is 14.1. The molecule has 0 spiro atoms. The van der Waals surface area contributed by atoms with Crippen LogP contribution in [-0.4, -0.2) is 18.8 Å². The lowest BCUT2D eigenvalue weighted by molar-refractivity contribution is 0.325. The summed E-state index contributed by atoms with van der Waals surface area (Å²) < 4.78 is 0.965. The van der Waals surface area contributed by atoms with E-state index in [0.29, 0.717) is 0 Å². The average molecular weight is 315 g/mol. The van der Waals surface area contributed by atoms with Crippen LogP contribution in [0.5, 0.6) is 0 Å². The maximum absolute atomic E-state index is 9.35. The summed E-state index contributed by atoms with van der Waals surface area (Å²) in [4.78, 5) is 0. The monoisotopic (exact) mass is 314 g/mol. The number of hydrogen-bond acceptors (Lipinski definition) is 3. The molecule has 102 valence electrons. The van der Waals surface area contributed by atoms with E-state index in [2.05, 4.69) is 33.4 Å². The Labute approximate surface area is 118 Å². The number of halogens is 1. The van der Waals surface area contributed by atoms with Gasteiger partial charge in [0.25, 0.3) is 0 Å². The molecule has 3 N–H and O–H groups in total. The Kier molecular flexibility index (Phi) is 8.71. The van der Waals surface area contributed by atoms with Crippen molar-refractivity contribution in [2.75, 3.05) is 13.7 Å². The van der Waals surface area contributed by atoms with Gasteiger partial charge < -0.3 is 10.5 Å². The van der Waals surface area contributed by atoms with Crippen LogP contribution in [-0.2, 0) is 0 Å². The van der Waals surface area contributed by atoms with E-state index >= 15 is 0 Å². The molecule has 0 amide bonds. The van der Waals surface area contributed by atoms with Crippen molar-refractivity contribution in [3.63, 3.8) is 0 Å². The molecule has 4 heteroatoms. The van der Waals surface area contributed by atoms with Gasteiger partial charge in [0.1, 0.15) is 0 Å². The maximum atomic E-state index is 9.35. The summed E-state index contributed by atoms with van der Waals surface area (Å²) in [7, 11) is 1.80. The highest BCUT2D eigenvalue weighted by atomic mass is 79.9. The van der Waals surface area contributed by atoms with Crippen LogP contribution >= 0.6 is 15.9 Å². The molecule has 0 aliphatic rings. The summed E-state index contributed by atoms with van der Waals surface area (Å²) in [5, 5.41) is 9.35. The van der Waals surface area contributed by atoms with E-state index in [4.69, 9.17) is 0 Å². The lowest BCUT2D eigenvalue weighted by Crippen LogP contribution is -2.29. The third-order valence-electron chi connectivity index (χ3n) is 2.50. The minimum absolute atomic E-state index is 0.0526. The lowest BCUT2D eigenvalue weighted by atomic mass is 10.1.